The molecule has 0 saturated carbocycles. The lowest BCUT2D eigenvalue weighted by molar-refractivity contribution is 0.414. The van der Waals surface area contributed by atoms with Crippen LogP contribution in [0.15, 0.2) is 41.1 Å². The van der Waals surface area contributed by atoms with E-state index in [4.69, 9.17) is 16.3 Å². The normalized spacial score (nSPS) is 12.2. The van der Waals surface area contributed by atoms with Crippen LogP contribution in [0.2, 0.25) is 5.02 Å². The minimum Gasteiger partial charge on any atom is -0.497 e. The van der Waals surface area contributed by atoms with Crippen molar-refractivity contribution in [3.8, 4) is 5.75 Å². The van der Waals surface area contributed by atoms with Crippen LogP contribution in [0.5, 0.6) is 5.75 Å². The maximum absolute atomic E-state index is 6.22. The Hall–Kier alpha value is -1.10. The second-order valence-corrected chi connectivity index (χ2v) is 5.66. The van der Waals surface area contributed by atoms with E-state index < -0.39 is 0 Å². The Morgan fingerprint density at radius 3 is 2.85 bits per heavy atom. The summed E-state index contributed by atoms with van der Waals surface area (Å²) in [6.07, 6.45) is 4.23. The first kappa shape index (κ1) is 15.3. The van der Waals surface area contributed by atoms with Gasteiger partial charge >= 0.3 is 0 Å². The first-order chi connectivity index (χ1) is 9.65. The Kier molecular flexibility index (Phi) is 5.40. The van der Waals surface area contributed by atoms with Gasteiger partial charge in [-0.1, -0.05) is 27.5 Å². The average Bonchev–Trinajstić information content (AvgIpc) is 2.47. The number of hydrogen-bond acceptors (Lipinski definition) is 3. The lowest BCUT2D eigenvalue weighted by Gasteiger charge is -2.19. The molecule has 0 radical (unpaired) electrons. The van der Waals surface area contributed by atoms with Crippen LogP contribution in [-0.4, -0.2) is 19.1 Å². The molecule has 0 fully saturated rings. The minimum absolute atomic E-state index is 0.119. The summed E-state index contributed by atoms with van der Waals surface area (Å²) in [5.41, 5.74) is 2.20. The molecule has 0 amide bonds. The molecule has 1 atom stereocenters. The Bertz CT molecular complexity index is 592. The molecule has 2 rings (SSSR count). The summed E-state index contributed by atoms with van der Waals surface area (Å²) < 4.78 is 6.34. The van der Waals surface area contributed by atoms with Gasteiger partial charge in [-0.3, -0.25) is 4.98 Å². The van der Waals surface area contributed by atoms with Gasteiger partial charge in [-0.05, 0) is 48.9 Å². The highest BCUT2D eigenvalue weighted by atomic mass is 79.9. The molecular formula is C15H16BrClN2O. The van der Waals surface area contributed by atoms with Gasteiger partial charge in [-0.15, -0.1) is 0 Å². The molecule has 0 saturated heterocycles. The number of hydrogen-bond donors (Lipinski definition) is 1. The maximum Gasteiger partial charge on any atom is 0.119 e. The zero-order valence-corrected chi connectivity index (χ0v) is 13.7. The summed E-state index contributed by atoms with van der Waals surface area (Å²) in [5.74, 6) is 0.846. The first-order valence-corrected chi connectivity index (χ1v) is 7.42. The quantitative estimate of drug-likeness (QED) is 0.880. The number of nitrogens with zero attached hydrogens (tertiary/aromatic N) is 1. The van der Waals surface area contributed by atoms with E-state index in [1.54, 1.807) is 19.5 Å². The van der Waals surface area contributed by atoms with E-state index in [2.05, 4.69) is 26.2 Å². The van der Waals surface area contributed by atoms with Gasteiger partial charge < -0.3 is 10.1 Å². The number of ether oxygens (including phenoxy) is 1. The molecule has 0 bridgehead atoms. The van der Waals surface area contributed by atoms with Gasteiger partial charge in [0, 0.05) is 22.9 Å². The van der Waals surface area contributed by atoms with Gasteiger partial charge in [0.2, 0.25) is 0 Å². The topological polar surface area (TPSA) is 34.1 Å². The second kappa shape index (κ2) is 7.07. The number of methoxy groups -OCH3 is 1. The lowest BCUT2D eigenvalue weighted by atomic mass is 9.99. The van der Waals surface area contributed by atoms with Crippen molar-refractivity contribution in [2.45, 2.75) is 12.5 Å². The van der Waals surface area contributed by atoms with E-state index >= 15 is 0 Å². The third-order valence-corrected chi connectivity index (χ3v) is 4.29. The van der Waals surface area contributed by atoms with Crippen molar-refractivity contribution < 1.29 is 4.74 Å². The molecule has 0 aliphatic rings. The number of nitrogens with one attached hydrogen (secondary N) is 1. The molecule has 5 heteroatoms. The van der Waals surface area contributed by atoms with Crippen LogP contribution in [0.4, 0.5) is 0 Å². The fourth-order valence-electron chi connectivity index (χ4n) is 2.09. The second-order valence-electron chi connectivity index (χ2n) is 4.40. The van der Waals surface area contributed by atoms with E-state index in [9.17, 15) is 0 Å². The van der Waals surface area contributed by atoms with Crippen molar-refractivity contribution >= 4 is 27.5 Å². The van der Waals surface area contributed by atoms with Crippen LogP contribution in [0.25, 0.3) is 0 Å². The van der Waals surface area contributed by atoms with Gasteiger partial charge in [0.15, 0.2) is 0 Å². The fourth-order valence-corrected chi connectivity index (χ4v) is 2.75. The summed E-state index contributed by atoms with van der Waals surface area (Å²) in [7, 11) is 3.60. The van der Waals surface area contributed by atoms with Crippen LogP contribution < -0.4 is 10.1 Å². The maximum atomic E-state index is 6.22. The highest BCUT2D eigenvalue weighted by molar-refractivity contribution is 9.10. The van der Waals surface area contributed by atoms with E-state index in [1.807, 2.05) is 31.3 Å². The summed E-state index contributed by atoms with van der Waals surface area (Å²) in [6.45, 7) is 0. The predicted molar refractivity (Wildman–Crippen MR) is 85.4 cm³/mol. The lowest BCUT2D eigenvalue weighted by Crippen LogP contribution is -2.19. The van der Waals surface area contributed by atoms with Crippen molar-refractivity contribution in [1.82, 2.24) is 10.3 Å². The summed E-state index contributed by atoms with van der Waals surface area (Å²) in [4.78, 5) is 4.02. The highest BCUT2D eigenvalue weighted by Crippen LogP contribution is 2.29. The average molecular weight is 356 g/mol. The Morgan fingerprint density at radius 1 is 1.40 bits per heavy atom. The highest BCUT2D eigenvalue weighted by Gasteiger charge is 2.15. The molecule has 1 unspecified atom stereocenters. The molecule has 1 aromatic heterocycles. The first-order valence-electron chi connectivity index (χ1n) is 6.24. The van der Waals surface area contributed by atoms with E-state index in [0.717, 1.165) is 27.8 Å². The van der Waals surface area contributed by atoms with Crippen LogP contribution in [-0.2, 0) is 6.42 Å². The van der Waals surface area contributed by atoms with Gasteiger partial charge in [0.05, 0.1) is 12.1 Å². The predicted octanol–water partition coefficient (Wildman–Crippen LogP) is 4.01. The molecule has 1 heterocycles. The summed E-state index contributed by atoms with van der Waals surface area (Å²) in [6, 6.07) is 8.02. The number of pyridine rings is 1. The molecule has 3 nitrogen and oxygen atoms in total. The SMILES string of the molecule is CNC(Cc1cc(OC)ccc1Br)c1ccncc1Cl. The van der Waals surface area contributed by atoms with Crippen molar-refractivity contribution in [3.63, 3.8) is 0 Å². The molecule has 0 spiro atoms. The molecule has 20 heavy (non-hydrogen) atoms. The van der Waals surface area contributed by atoms with Crippen molar-refractivity contribution in [3.05, 3.63) is 57.3 Å². The fraction of sp³-hybridized carbons (Fsp3) is 0.267. The van der Waals surface area contributed by atoms with Crippen molar-refractivity contribution in [1.29, 1.82) is 0 Å². The molecule has 0 aliphatic heterocycles. The molecule has 2 aromatic rings. The monoisotopic (exact) mass is 354 g/mol. The smallest absolute Gasteiger partial charge is 0.119 e. The molecule has 1 aromatic carbocycles. The molecular weight excluding hydrogens is 340 g/mol. The number of likely N-dealkylation sites (N-methyl/N-ethyl adjacent to an activating group) is 1. The zero-order valence-electron chi connectivity index (χ0n) is 11.4. The third kappa shape index (κ3) is 3.51. The van der Waals surface area contributed by atoms with Gasteiger partial charge in [0.1, 0.15) is 5.75 Å². The zero-order chi connectivity index (χ0) is 14.5. The standard InChI is InChI=1S/C15H16BrClN2O/c1-18-15(12-5-6-19-9-14(12)17)8-10-7-11(20-2)3-4-13(10)16/h3-7,9,15,18H,8H2,1-2H3. The van der Waals surface area contributed by atoms with Gasteiger partial charge in [-0.2, -0.15) is 0 Å². The Labute approximate surface area is 132 Å². The van der Waals surface area contributed by atoms with Gasteiger partial charge in [-0.25, -0.2) is 0 Å². The largest absolute Gasteiger partial charge is 0.497 e. The Balaban J connectivity index is 2.29. The number of aromatic nitrogens is 1. The third-order valence-electron chi connectivity index (χ3n) is 3.20. The summed E-state index contributed by atoms with van der Waals surface area (Å²) >= 11 is 9.80. The van der Waals surface area contributed by atoms with Gasteiger partial charge in [0.25, 0.3) is 0 Å². The van der Waals surface area contributed by atoms with Crippen LogP contribution in [0, 0.1) is 0 Å². The van der Waals surface area contributed by atoms with Crippen molar-refractivity contribution in [2.24, 2.45) is 0 Å². The van der Waals surface area contributed by atoms with Crippen LogP contribution in [0.1, 0.15) is 17.2 Å². The number of benzene rings is 1. The van der Waals surface area contributed by atoms with Crippen LogP contribution >= 0.6 is 27.5 Å². The van der Waals surface area contributed by atoms with E-state index in [-0.39, 0.29) is 6.04 Å². The van der Waals surface area contributed by atoms with Crippen molar-refractivity contribution in [2.75, 3.05) is 14.2 Å². The molecule has 1 N–H and O–H groups in total. The Morgan fingerprint density at radius 2 is 2.20 bits per heavy atom. The number of halogens is 2. The van der Waals surface area contributed by atoms with E-state index in [1.165, 1.54) is 0 Å². The minimum atomic E-state index is 0.119. The van der Waals surface area contributed by atoms with Crippen LogP contribution in [0.3, 0.4) is 0 Å². The van der Waals surface area contributed by atoms with E-state index in [0.29, 0.717) is 5.02 Å². The molecule has 106 valence electrons. The summed E-state index contributed by atoms with van der Waals surface area (Å²) in [5, 5.41) is 3.97. The molecule has 0 aliphatic carbocycles. The number of rotatable bonds is 5.